The maximum atomic E-state index is 13.5. The first kappa shape index (κ1) is 30.1. The van der Waals surface area contributed by atoms with Crippen LogP contribution >= 0.6 is 0 Å². The second-order valence-corrected chi connectivity index (χ2v) is 13.4. The van der Waals surface area contributed by atoms with Crippen molar-refractivity contribution in [1.82, 2.24) is 14.1 Å². The Balaban J connectivity index is 1.29. The zero-order chi connectivity index (χ0) is 29.9. The van der Waals surface area contributed by atoms with E-state index >= 15 is 0 Å². The number of likely N-dealkylation sites (N-methyl/N-ethyl adjacent to an activating group) is 1. The van der Waals surface area contributed by atoms with Crippen LogP contribution in [-0.4, -0.2) is 81.4 Å². The molecule has 0 saturated carbocycles. The van der Waals surface area contributed by atoms with E-state index in [4.69, 9.17) is 4.74 Å². The molecule has 5 rings (SSSR count). The van der Waals surface area contributed by atoms with Gasteiger partial charge in [0.05, 0.1) is 18.4 Å². The molecule has 1 saturated heterocycles. The zero-order valence-electron chi connectivity index (χ0n) is 25.1. The van der Waals surface area contributed by atoms with Crippen LogP contribution in [0.4, 0.5) is 5.69 Å². The third-order valence-electron chi connectivity index (χ3n) is 8.40. The lowest BCUT2D eigenvalue weighted by molar-refractivity contribution is -0.131. The molecule has 0 bridgehead atoms. The van der Waals surface area contributed by atoms with E-state index in [0.717, 1.165) is 49.5 Å². The number of ether oxygens (including phenoxy) is 1. The van der Waals surface area contributed by atoms with Crippen molar-refractivity contribution < 1.29 is 17.9 Å². The van der Waals surface area contributed by atoms with Gasteiger partial charge in [-0.3, -0.25) is 4.79 Å². The van der Waals surface area contributed by atoms with E-state index in [2.05, 4.69) is 29.0 Å². The van der Waals surface area contributed by atoms with Crippen LogP contribution in [-0.2, 0) is 40.7 Å². The minimum Gasteiger partial charge on any atom is -0.496 e. The van der Waals surface area contributed by atoms with Crippen molar-refractivity contribution >= 4 is 21.6 Å². The van der Waals surface area contributed by atoms with E-state index < -0.39 is 10.0 Å². The molecule has 1 amide bonds. The van der Waals surface area contributed by atoms with Gasteiger partial charge in [-0.05, 0) is 62.7 Å². The number of benzene rings is 3. The number of hydrogen-bond acceptors (Lipinski definition) is 6. The Labute approximate surface area is 250 Å². The topological polar surface area (TPSA) is 73.4 Å². The van der Waals surface area contributed by atoms with Crippen LogP contribution in [0.15, 0.2) is 71.6 Å². The number of fused-ring (bicyclic) bond motifs is 1. The molecule has 0 unspecified atom stereocenters. The van der Waals surface area contributed by atoms with Gasteiger partial charge in [-0.25, -0.2) is 8.42 Å². The lowest BCUT2D eigenvalue weighted by Crippen LogP contribution is -2.45. The van der Waals surface area contributed by atoms with Gasteiger partial charge >= 0.3 is 0 Å². The van der Waals surface area contributed by atoms with Crippen LogP contribution < -0.4 is 9.64 Å². The molecular formula is C33H42N4O4S. The van der Waals surface area contributed by atoms with Gasteiger partial charge in [-0.2, -0.15) is 4.31 Å². The maximum absolute atomic E-state index is 13.5. The molecule has 0 spiro atoms. The van der Waals surface area contributed by atoms with Crippen molar-refractivity contribution in [3.63, 3.8) is 0 Å². The number of sulfonamides is 1. The van der Waals surface area contributed by atoms with Gasteiger partial charge in [0.15, 0.2) is 0 Å². The van der Waals surface area contributed by atoms with Gasteiger partial charge in [0.1, 0.15) is 5.75 Å². The van der Waals surface area contributed by atoms with E-state index in [0.29, 0.717) is 19.6 Å². The van der Waals surface area contributed by atoms with Crippen LogP contribution in [0.2, 0.25) is 0 Å². The molecule has 0 atom stereocenters. The molecule has 42 heavy (non-hydrogen) atoms. The highest BCUT2D eigenvalue weighted by molar-refractivity contribution is 7.89. The monoisotopic (exact) mass is 590 g/mol. The Morgan fingerprint density at radius 1 is 0.881 bits per heavy atom. The molecule has 0 N–H and O–H groups in total. The summed E-state index contributed by atoms with van der Waals surface area (Å²) in [5.41, 5.74) is 5.29. The summed E-state index contributed by atoms with van der Waals surface area (Å²) in [6.45, 7) is 9.18. The fourth-order valence-electron chi connectivity index (χ4n) is 5.88. The second-order valence-electron chi connectivity index (χ2n) is 11.6. The first-order chi connectivity index (χ1) is 20.2. The predicted molar refractivity (Wildman–Crippen MR) is 166 cm³/mol. The van der Waals surface area contributed by atoms with Crippen molar-refractivity contribution in [1.29, 1.82) is 0 Å². The number of nitrogens with zero attached hydrogens (tertiary/aromatic N) is 4. The molecule has 3 aromatic carbocycles. The molecule has 0 aromatic heterocycles. The normalized spacial score (nSPS) is 16.1. The highest BCUT2D eigenvalue weighted by Crippen LogP contribution is 2.36. The Morgan fingerprint density at radius 2 is 1.57 bits per heavy atom. The van der Waals surface area contributed by atoms with E-state index in [9.17, 15) is 13.2 Å². The van der Waals surface area contributed by atoms with E-state index in [1.807, 2.05) is 49.1 Å². The van der Waals surface area contributed by atoms with Gasteiger partial charge < -0.3 is 19.4 Å². The highest BCUT2D eigenvalue weighted by atomic mass is 32.2. The molecule has 9 heteroatoms. The number of anilines is 1. The van der Waals surface area contributed by atoms with Crippen LogP contribution in [0.3, 0.4) is 0 Å². The van der Waals surface area contributed by atoms with Crippen molar-refractivity contribution in [3.05, 3.63) is 89.0 Å². The van der Waals surface area contributed by atoms with Gasteiger partial charge in [-0.15, -0.1) is 0 Å². The van der Waals surface area contributed by atoms with E-state index in [1.54, 1.807) is 31.4 Å². The first-order valence-electron chi connectivity index (χ1n) is 14.7. The zero-order valence-corrected chi connectivity index (χ0v) is 25.9. The Kier molecular flexibility index (Phi) is 9.20. The fraction of sp³-hybridized carbons (Fsp3) is 0.424. The Morgan fingerprint density at radius 3 is 2.21 bits per heavy atom. The van der Waals surface area contributed by atoms with Gasteiger partial charge in [0.2, 0.25) is 15.9 Å². The smallest absolute Gasteiger partial charge is 0.243 e. The Bertz CT molecular complexity index is 1480. The lowest BCUT2D eigenvalue weighted by atomic mass is 9.95. The standard InChI is InChI=1S/C33H42N4O4S/c1-25(2)37(23-27-8-6-5-7-9-27)42(39,40)28-12-10-26(11-13-28)22-33(38)36-17-16-29-30(24-36)31(14-15-32(29)41-4)35-20-18-34(3)19-21-35/h5-15,25H,16-24H2,1-4H3. The molecular weight excluding hydrogens is 548 g/mol. The average Bonchev–Trinajstić information content (AvgIpc) is 3.00. The lowest BCUT2D eigenvalue weighted by Gasteiger charge is -2.38. The first-order valence-corrected chi connectivity index (χ1v) is 16.2. The number of carbonyl (C=O) groups excluding carboxylic acids is 1. The summed E-state index contributed by atoms with van der Waals surface area (Å²) in [6.07, 6.45) is 0.969. The van der Waals surface area contributed by atoms with Gasteiger partial charge in [0, 0.05) is 68.7 Å². The summed E-state index contributed by atoms with van der Waals surface area (Å²) in [4.78, 5) is 20.4. The number of carbonyl (C=O) groups is 1. The molecule has 2 heterocycles. The van der Waals surface area contributed by atoms with Crippen molar-refractivity contribution in [2.45, 2.75) is 50.7 Å². The molecule has 2 aliphatic heterocycles. The fourth-order valence-corrected chi connectivity index (χ4v) is 7.51. The van der Waals surface area contributed by atoms with Crippen LogP contribution in [0.1, 0.15) is 36.1 Å². The SMILES string of the molecule is COc1ccc(N2CCN(C)CC2)c2c1CCN(C(=O)Cc1ccc(S(=O)(=O)N(Cc3ccccc3)C(C)C)cc1)C2. The van der Waals surface area contributed by atoms with E-state index in [-0.39, 0.29) is 23.3 Å². The molecule has 0 aliphatic carbocycles. The summed E-state index contributed by atoms with van der Waals surface area (Å²) in [5.74, 6) is 0.922. The van der Waals surface area contributed by atoms with Crippen LogP contribution in [0, 0.1) is 0 Å². The van der Waals surface area contributed by atoms with Crippen LogP contribution in [0.5, 0.6) is 5.75 Å². The van der Waals surface area contributed by atoms with Crippen LogP contribution in [0.25, 0.3) is 0 Å². The molecule has 2 aliphatic rings. The van der Waals surface area contributed by atoms with Crippen molar-refractivity contribution in [2.75, 3.05) is 51.8 Å². The number of piperazine rings is 1. The summed E-state index contributed by atoms with van der Waals surface area (Å²) in [7, 11) is 0.145. The van der Waals surface area contributed by atoms with Gasteiger partial charge in [0.25, 0.3) is 0 Å². The molecule has 8 nitrogen and oxygen atoms in total. The second kappa shape index (κ2) is 12.9. The molecule has 0 radical (unpaired) electrons. The average molecular weight is 591 g/mol. The summed E-state index contributed by atoms with van der Waals surface area (Å²) >= 11 is 0. The highest BCUT2D eigenvalue weighted by Gasteiger charge is 2.29. The molecule has 224 valence electrons. The largest absolute Gasteiger partial charge is 0.496 e. The number of rotatable bonds is 9. The van der Waals surface area contributed by atoms with Crippen molar-refractivity contribution in [3.8, 4) is 5.75 Å². The summed E-state index contributed by atoms with van der Waals surface area (Å²) in [5, 5.41) is 0. The predicted octanol–water partition coefficient (Wildman–Crippen LogP) is 4.17. The molecule has 1 fully saturated rings. The maximum Gasteiger partial charge on any atom is 0.243 e. The minimum absolute atomic E-state index is 0.0382. The number of methoxy groups -OCH3 is 1. The minimum atomic E-state index is -3.70. The number of hydrogen-bond donors (Lipinski definition) is 0. The Hall–Kier alpha value is -3.40. The third kappa shape index (κ3) is 6.48. The third-order valence-corrected chi connectivity index (χ3v) is 10.4. The summed E-state index contributed by atoms with van der Waals surface area (Å²) < 4.78 is 34.3. The quantitative estimate of drug-likeness (QED) is 0.373. The summed E-state index contributed by atoms with van der Waals surface area (Å²) in [6, 6.07) is 20.4. The molecule has 3 aromatic rings. The number of amides is 1. The van der Waals surface area contributed by atoms with E-state index in [1.165, 1.54) is 21.1 Å². The van der Waals surface area contributed by atoms with Crippen molar-refractivity contribution in [2.24, 2.45) is 0 Å². The van der Waals surface area contributed by atoms with Gasteiger partial charge in [-0.1, -0.05) is 42.5 Å².